The van der Waals surface area contributed by atoms with Crippen LogP contribution in [0.1, 0.15) is 47.9 Å². The number of hydrogen-bond donors (Lipinski definition) is 0. The van der Waals surface area contributed by atoms with Crippen molar-refractivity contribution in [3.8, 4) is 28.4 Å². The highest BCUT2D eigenvalue weighted by Gasteiger charge is 2.58. The van der Waals surface area contributed by atoms with E-state index in [4.69, 9.17) is 18.9 Å². The summed E-state index contributed by atoms with van der Waals surface area (Å²) in [7, 11) is 0. The fraction of sp³-hybridized carbons (Fsp3) is 0.387. The van der Waals surface area contributed by atoms with Gasteiger partial charge in [-0.2, -0.15) is 0 Å². The van der Waals surface area contributed by atoms with Crippen molar-refractivity contribution in [3.05, 3.63) is 70.8 Å². The number of ether oxygens (including phenoxy) is 4. The van der Waals surface area contributed by atoms with Crippen molar-refractivity contribution in [3.63, 3.8) is 0 Å². The summed E-state index contributed by atoms with van der Waals surface area (Å²) in [5.41, 5.74) is 6.65. The van der Waals surface area contributed by atoms with E-state index in [1.165, 1.54) is 5.56 Å². The number of anilines is 1. The zero-order valence-electron chi connectivity index (χ0n) is 20.9. The molecule has 3 aromatic rings. The van der Waals surface area contributed by atoms with Crippen molar-refractivity contribution in [2.45, 2.75) is 43.6 Å². The molecular formula is C31H29NO5. The molecule has 1 amide bonds. The molecule has 3 atom stereocenters. The smallest absolute Gasteiger partial charge is 0.245 e. The second-order valence-corrected chi connectivity index (χ2v) is 11.0. The first-order valence-corrected chi connectivity index (χ1v) is 13.4. The van der Waals surface area contributed by atoms with Crippen LogP contribution in [0.3, 0.4) is 0 Å². The summed E-state index contributed by atoms with van der Waals surface area (Å²) in [5, 5.41) is 0. The summed E-state index contributed by atoms with van der Waals surface area (Å²) >= 11 is 0. The quantitative estimate of drug-likeness (QED) is 0.513. The lowest BCUT2D eigenvalue weighted by molar-refractivity contribution is -0.122. The molecule has 5 aliphatic rings. The first-order valence-electron chi connectivity index (χ1n) is 13.4. The Balaban J connectivity index is 1.35. The van der Waals surface area contributed by atoms with Crippen LogP contribution in [0.25, 0.3) is 11.1 Å². The van der Waals surface area contributed by atoms with E-state index in [1.54, 1.807) is 0 Å². The van der Waals surface area contributed by atoms with Crippen molar-refractivity contribution in [2.24, 2.45) is 0 Å². The number of nitrogens with zero attached hydrogens (tertiary/aromatic N) is 1. The Morgan fingerprint density at radius 3 is 2.84 bits per heavy atom. The standard InChI is InChI=1S/C31H29NO5/c1-18-16-36-26-8-7-19(12-23(18)26)22-5-2-6-25-29(22)31(30(33)32(25)15-21-4-3-10-34-21)17-37-28-14-27-20(9-11-35-27)13-24(28)31/h2,5-8,12-14,18,21H,3-4,9-11,15-17H2,1H3/t18?,21-,31?/m1/s1. The summed E-state index contributed by atoms with van der Waals surface area (Å²) < 4.78 is 24.0. The number of carbonyl (C=O) groups is 1. The van der Waals surface area contributed by atoms with Gasteiger partial charge in [-0.15, -0.1) is 0 Å². The maximum atomic E-state index is 14.6. The first-order chi connectivity index (χ1) is 18.1. The van der Waals surface area contributed by atoms with Gasteiger partial charge in [-0.25, -0.2) is 0 Å². The predicted octanol–water partition coefficient (Wildman–Crippen LogP) is 4.99. The molecule has 6 nitrogen and oxygen atoms in total. The van der Waals surface area contributed by atoms with Gasteiger partial charge in [0.15, 0.2) is 0 Å². The summed E-state index contributed by atoms with van der Waals surface area (Å²) in [4.78, 5) is 16.6. The molecule has 0 aromatic heterocycles. The second-order valence-electron chi connectivity index (χ2n) is 11.0. The lowest BCUT2D eigenvalue weighted by Crippen LogP contribution is -2.45. The Morgan fingerprint density at radius 1 is 1.00 bits per heavy atom. The SMILES string of the molecule is CC1COc2ccc(-c3cccc4c3C3(COc5cc6c(cc53)CCO6)C(=O)N4C[C@H]3CCCO3)cc21. The molecule has 1 spiro atoms. The minimum Gasteiger partial charge on any atom is -0.493 e. The average Bonchev–Trinajstić information content (AvgIpc) is 3.74. The molecule has 37 heavy (non-hydrogen) atoms. The van der Waals surface area contributed by atoms with Gasteiger partial charge in [0, 0.05) is 47.4 Å². The van der Waals surface area contributed by atoms with Crippen LogP contribution in [-0.2, 0) is 21.4 Å². The highest BCUT2D eigenvalue weighted by molar-refractivity contribution is 6.13. The number of fused-ring (bicyclic) bond motifs is 6. The molecule has 0 aliphatic carbocycles. The maximum absolute atomic E-state index is 14.6. The molecule has 3 aromatic carbocycles. The van der Waals surface area contributed by atoms with Crippen LogP contribution in [0.15, 0.2) is 48.5 Å². The van der Waals surface area contributed by atoms with E-state index in [2.05, 4.69) is 49.4 Å². The predicted molar refractivity (Wildman–Crippen MR) is 139 cm³/mol. The molecule has 1 saturated heterocycles. The van der Waals surface area contributed by atoms with Crippen LogP contribution in [0, 0.1) is 0 Å². The van der Waals surface area contributed by atoms with E-state index in [0.717, 1.165) is 76.6 Å². The van der Waals surface area contributed by atoms with Gasteiger partial charge >= 0.3 is 0 Å². The Labute approximate surface area is 216 Å². The number of rotatable bonds is 3. The minimum atomic E-state index is -0.890. The van der Waals surface area contributed by atoms with Crippen molar-refractivity contribution in [1.29, 1.82) is 0 Å². The van der Waals surface area contributed by atoms with E-state index in [0.29, 0.717) is 32.3 Å². The second kappa shape index (κ2) is 7.75. The highest BCUT2D eigenvalue weighted by atomic mass is 16.5. The minimum absolute atomic E-state index is 0.0591. The third kappa shape index (κ3) is 2.93. The average molecular weight is 496 g/mol. The molecule has 5 aliphatic heterocycles. The molecule has 0 N–H and O–H groups in total. The summed E-state index contributed by atoms with van der Waals surface area (Å²) in [5.74, 6) is 3.01. The largest absolute Gasteiger partial charge is 0.493 e. The molecule has 1 fully saturated rings. The van der Waals surface area contributed by atoms with Crippen LogP contribution >= 0.6 is 0 Å². The molecule has 2 unspecified atom stereocenters. The third-order valence-corrected chi connectivity index (χ3v) is 8.82. The van der Waals surface area contributed by atoms with Crippen molar-refractivity contribution >= 4 is 11.6 Å². The molecule has 0 radical (unpaired) electrons. The number of amides is 1. The summed E-state index contributed by atoms with van der Waals surface area (Å²) in [6.45, 7) is 5.19. The van der Waals surface area contributed by atoms with Crippen LogP contribution < -0.4 is 19.1 Å². The van der Waals surface area contributed by atoms with Gasteiger partial charge in [-0.3, -0.25) is 4.79 Å². The zero-order chi connectivity index (χ0) is 24.7. The van der Waals surface area contributed by atoms with Crippen molar-refractivity contribution in [1.82, 2.24) is 0 Å². The molecule has 6 heteroatoms. The van der Waals surface area contributed by atoms with Crippen LogP contribution in [0.2, 0.25) is 0 Å². The lowest BCUT2D eigenvalue weighted by Gasteiger charge is -2.25. The molecule has 5 heterocycles. The molecule has 0 bridgehead atoms. The maximum Gasteiger partial charge on any atom is 0.245 e. The van der Waals surface area contributed by atoms with Gasteiger partial charge in [-0.05, 0) is 53.8 Å². The fourth-order valence-electron chi connectivity index (χ4n) is 6.92. The Bertz CT molecular complexity index is 1460. The number of carbonyl (C=O) groups excluding carboxylic acids is 1. The van der Waals surface area contributed by atoms with Gasteiger partial charge in [0.25, 0.3) is 0 Å². The van der Waals surface area contributed by atoms with E-state index >= 15 is 0 Å². The molecule has 8 rings (SSSR count). The molecule has 188 valence electrons. The summed E-state index contributed by atoms with van der Waals surface area (Å²) in [6.07, 6.45) is 2.93. The van der Waals surface area contributed by atoms with E-state index in [-0.39, 0.29) is 12.0 Å². The van der Waals surface area contributed by atoms with Crippen LogP contribution in [0.4, 0.5) is 5.69 Å². The zero-order valence-corrected chi connectivity index (χ0v) is 20.9. The number of benzene rings is 3. The van der Waals surface area contributed by atoms with Gasteiger partial charge in [0.1, 0.15) is 29.3 Å². The Morgan fingerprint density at radius 2 is 1.95 bits per heavy atom. The van der Waals surface area contributed by atoms with Crippen molar-refractivity contribution in [2.75, 3.05) is 37.9 Å². The van der Waals surface area contributed by atoms with Gasteiger partial charge in [-0.1, -0.05) is 25.1 Å². The fourth-order valence-corrected chi connectivity index (χ4v) is 6.92. The summed E-state index contributed by atoms with van der Waals surface area (Å²) in [6, 6.07) is 16.9. The number of hydrogen-bond acceptors (Lipinski definition) is 5. The van der Waals surface area contributed by atoms with Gasteiger partial charge in [0.05, 0.1) is 25.9 Å². The van der Waals surface area contributed by atoms with E-state index in [1.807, 2.05) is 11.0 Å². The van der Waals surface area contributed by atoms with Gasteiger partial charge in [0.2, 0.25) is 5.91 Å². The molecular weight excluding hydrogens is 466 g/mol. The van der Waals surface area contributed by atoms with Crippen LogP contribution in [-0.4, -0.2) is 45.0 Å². The van der Waals surface area contributed by atoms with E-state index < -0.39 is 5.41 Å². The monoisotopic (exact) mass is 495 g/mol. The topological polar surface area (TPSA) is 57.2 Å². The first kappa shape index (κ1) is 21.6. The Hall–Kier alpha value is -3.51. The van der Waals surface area contributed by atoms with Gasteiger partial charge < -0.3 is 23.8 Å². The van der Waals surface area contributed by atoms with Crippen LogP contribution in [0.5, 0.6) is 17.2 Å². The normalized spacial score (nSPS) is 26.5. The Kier molecular flexibility index (Phi) is 4.51. The highest BCUT2D eigenvalue weighted by Crippen LogP contribution is 2.57. The van der Waals surface area contributed by atoms with E-state index in [9.17, 15) is 4.79 Å². The molecule has 0 saturated carbocycles. The third-order valence-electron chi connectivity index (χ3n) is 8.82. The van der Waals surface area contributed by atoms with Crippen molar-refractivity contribution < 1.29 is 23.7 Å². The lowest BCUT2D eigenvalue weighted by atomic mass is 9.73.